The topological polar surface area (TPSA) is 81.9 Å². The van der Waals surface area contributed by atoms with Crippen LogP contribution in [0.2, 0.25) is 0 Å². The monoisotopic (exact) mass is 639 g/mol. The van der Waals surface area contributed by atoms with Gasteiger partial charge in [0.15, 0.2) is 0 Å². The van der Waals surface area contributed by atoms with Crippen molar-refractivity contribution in [2.24, 2.45) is 0 Å². The first-order valence-electron chi connectivity index (χ1n) is 17.9. The molecule has 0 radical (unpaired) electrons. The number of ketones is 1. The number of Topliss-reactive ketones (excluding diaryl/α,β-unsaturated/α-hetero) is 1. The molecule has 4 rings (SSSR count). The van der Waals surface area contributed by atoms with Gasteiger partial charge >= 0.3 is 0 Å². The van der Waals surface area contributed by atoms with Crippen molar-refractivity contribution in [3.63, 3.8) is 0 Å². The average Bonchev–Trinajstić information content (AvgIpc) is 3.13. The third-order valence-corrected chi connectivity index (χ3v) is 8.07. The number of nitrogens with zero attached hydrogens (tertiary/aromatic N) is 4. The molecule has 2 aliphatic carbocycles. The van der Waals surface area contributed by atoms with Crippen molar-refractivity contribution in [1.29, 1.82) is 5.26 Å². The zero-order chi connectivity index (χ0) is 35.2. The molecule has 0 saturated heterocycles. The summed E-state index contributed by atoms with van der Waals surface area (Å²) in [6, 6.07) is 8.52. The van der Waals surface area contributed by atoms with Gasteiger partial charge in [0.25, 0.3) is 5.78 Å². The molecule has 2 aliphatic rings. The van der Waals surface area contributed by atoms with E-state index in [4.69, 9.17) is 15.2 Å². The molecule has 1 saturated carbocycles. The smallest absolute Gasteiger partial charge is 0.253 e. The van der Waals surface area contributed by atoms with Crippen molar-refractivity contribution in [3.05, 3.63) is 89.5 Å². The maximum absolute atomic E-state index is 11.3. The van der Waals surface area contributed by atoms with E-state index in [-0.39, 0.29) is 0 Å². The molecule has 1 aromatic carbocycles. The van der Waals surface area contributed by atoms with Crippen LogP contribution in [0.15, 0.2) is 78.2 Å². The second-order valence-electron chi connectivity index (χ2n) is 11.6. The van der Waals surface area contributed by atoms with E-state index in [2.05, 4.69) is 60.1 Å². The standard InChI is InChI=1S/C23H29N3.C14H20N2O.2C2H6/c1-2-26(20-11-7-4-8-12-20)17-18-13-14-21-22(15-18)24-16-23(25-21)19-9-5-3-6-10-19;1-6-12(8-10(3)4)11(5)16-13(7-2)14(17)9-15;2*1-2/h5,9-10,13-16,20H,2-4,6-8,11-12,17H2,1H3;6,8,13,16H,5,7H2,1-4H3;2*1-2H3/b;12-6+;;. The summed E-state index contributed by atoms with van der Waals surface area (Å²) in [6.07, 6.45) is 22.2. The van der Waals surface area contributed by atoms with E-state index in [0.717, 1.165) is 59.8 Å². The molecule has 1 aromatic heterocycles. The van der Waals surface area contributed by atoms with Crippen LogP contribution >= 0.6 is 0 Å². The molecular formula is C41H61N5O. The van der Waals surface area contributed by atoms with Crippen LogP contribution < -0.4 is 5.32 Å². The summed E-state index contributed by atoms with van der Waals surface area (Å²) in [7, 11) is 0. The quantitative estimate of drug-likeness (QED) is 0.195. The number of hydrogen-bond acceptors (Lipinski definition) is 6. The number of benzene rings is 1. The lowest BCUT2D eigenvalue weighted by molar-refractivity contribution is -0.115. The van der Waals surface area contributed by atoms with E-state index in [1.807, 2.05) is 73.7 Å². The Bertz CT molecular complexity index is 1420. The average molecular weight is 640 g/mol. The molecule has 1 N–H and O–H groups in total. The highest BCUT2D eigenvalue weighted by Gasteiger charge is 2.20. The molecule has 0 amide bonds. The summed E-state index contributed by atoms with van der Waals surface area (Å²) < 4.78 is 0. The number of fused-ring (bicyclic) bond motifs is 1. The lowest BCUT2D eigenvalue weighted by Gasteiger charge is -2.33. The number of nitriles is 1. The summed E-state index contributed by atoms with van der Waals surface area (Å²) in [5.41, 5.74) is 8.30. The van der Waals surface area contributed by atoms with Gasteiger partial charge in [0.05, 0.1) is 29.0 Å². The van der Waals surface area contributed by atoms with Gasteiger partial charge in [-0.2, -0.15) is 5.26 Å². The second kappa shape index (κ2) is 23.5. The molecule has 2 aromatic rings. The SMILES string of the molecule is C=C(NC(CC)C(=O)C#N)/C(C=C(C)C)=C/C.CC.CC.CCN(Cc1ccc2nc(C3=CCCC=C3)cnc2c1)C1CCCCC1. The van der Waals surface area contributed by atoms with Crippen molar-refractivity contribution in [3.8, 4) is 6.07 Å². The van der Waals surface area contributed by atoms with E-state index in [0.29, 0.717) is 12.1 Å². The molecule has 0 spiro atoms. The minimum Gasteiger partial charge on any atom is -0.374 e. The van der Waals surface area contributed by atoms with Gasteiger partial charge < -0.3 is 5.32 Å². The zero-order valence-electron chi connectivity index (χ0n) is 30.8. The summed E-state index contributed by atoms with van der Waals surface area (Å²) in [5.74, 6) is -0.457. The Hall–Kier alpha value is -3.82. The Morgan fingerprint density at radius 2 is 1.81 bits per heavy atom. The van der Waals surface area contributed by atoms with Crippen LogP contribution in [-0.2, 0) is 11.3 Å². The molecule has 1 unspecified atom stereocenters. The predicted molar refractivity (Wildman–Crippen MR) is 202 cm³/mol. The van der Waals surface area contributed by atoms with Gasteiger partial charge in [-0.25, -0.2) is 4.98 Å². The molecule has 47 heavy (non-hydrogen) atoms. The number of allylic oxidation sites excluding steroid dienone is 7. The van der Waals surface area contributed by atoms with Crippen LogP contribution in [0, 0.1) is 11.3 Å². The van der Waals surface area contributed by atoms with E-state index in [1.54, 1.807) is 6.07 Å². The maximum atomic E-state index is 11.3. The fourth-order valence-corrected chi connectivity index (χ4v) is 5.66. The number of carbonyl (C=O) groups excluding carboxylic acids is 1. The zero-order valence-corrected chi connectivity index (χ0v) is 30.8. The van der Waals surface area contributed by atoms with Gasteiger partial charge in [0, 0.05) is 18.3 Å². The van der Waals surface area contributed by atoms with Gasteiger partial charge in [-0.1, -0.05) is 109 Å². The van der Waals surface area contributed by atoms with Gasteiger partial charge in [-0.05, 0) is 88.3 Å². The van der Waals surface area contributed by atoms with Gasteiger partial charge in [0.2, 0.25) is 0 Å². The van der Waals surface area contributed by atoms with Crippen LogP contribution in [-0.4, -0.2) is 39.3 Å². The molecule has 1 fully saturated rings. The third-order valence-electron chi connectivity index (χ3n) is 8.07. The summed E-state index contributed by atoms with van der Waals surface area (Å²) in [6.45, 7) is 24.1. The highest BCUT2D eigenvalue weighted by molar-refractivity contribution is 5.97. The molecule has 6 nitrogen and oxygen atoms in total. The Labute approximate surface area is 286 Å². The summed E-state index contributed by atoms with van der Waals surface area (Å²) in [5, 5.41) is 11.6. The number of carbonyl (C=O) groups is 1. The number of aromatic nitrogens is 2. The van der Waals surface area contributed by atoms with Gasteiger partial charge in [0.1, 0.15) is 6.07 Å². The fraction of sp³-hybridized carbons (Fsp3) is 0.512. The number of nitrogens with one attached hydrogen (secondary N) is 1. The number of rotatable bonds is 11. The first kappa shape index (κ1) is 41.2. The summed E-state index contributed by atoms with van der Waals surface area (Å²) >= 11 is 0. The highest BCUT2D eigenvalue weighted by Crippen LogP contribution is 2.25. The Morgan fingerprint density at radius 1 is 1.11 bits per heavy atom. The molecule has 0 bridgehead atoms. The van der Waals surface area contributed by atoms with Gasteiger partial charge in [-0.15, -0.1) is 0 Å². The minimum atomic E-state index is -0.479. The lowest BCUT2D eigenvalue weighted by atomic mass is 9.94. The molecule has 0 aliphatic heterocycles. The van der Waals surface area contributed by atoms with Crippen molar-refractivity contribution in [2.75, 3.05) is 6.54 Å². The van der Waals surface area contributed by atoms with Crippen molar-refractivity contribution in [2.45, 2.75) is 132 Å². The van der Waals surface area contributed by atoms with E-state index < -0.39 is 11.8 Å². The number of hydrogen-bond donors (Lipinski definition) is 1. The maximum Gasteiger partial charge on any atom is 0.253 e. The molecule has 256 valence electrons. The molecular weight excluding hydrogens is 578 g/mol. The lowest BCUT2D eigenvalue weighted by Crippen LogP contribution is -2.36. The van der Waals surface area contributed by atoms with Crippen LogP contribution in [0.1, 0.15) is 125 Å². The minimum absolute atomic E-state index is 0.457. The van der Waals surface area contributed by atoms with Crippen LogP contribution in [0.5, 0.6) is 0 Å². The van der Waals surface area contributed by atoms with Crippen molar-refractivity contribution in [1.82, 2.24) is 20.2 Å². The Kier molecular flexibility index (Phi) is 20.6. The normalized spacial score (nSPS) is 14.9. The van der Waals surface area contributed by atoms with E-state index in [9.17, 15) is 4.79 Å². The van der Waals surface area contributed by atoms with E-state index in [1.165, 1.54) is 43.2 Å². The van der Waals surface area contributed by atoms with Crippen molar-refractivity contribution < 1.29 is 4.79 Å². The van der Waals surface area contributed by atoms with Crippen LogP contribution in [0.25, 0.3) is 16.6 Å². The van der Waals surface area contributed by atoms with Crippen molar-refractivity contribution >= 4 is 22.4 Å². The summed E-state index contributed by atoms with van der Waals surface area (Å²) in [4.78, 5) is 23.5. The van der Waals surface area contributed by atoms with Crippen LogP contribution in [0.4, 0.5) is 0 Å². The molecule has 6 heteroatoms. The second-order valence-corrected chi connectivity index (χ2v) is 11.6. The Morgan fingerprint density at radius 3 is 2.36 bits per heavy atom. The molecule has 1 heterocycles. The largest absolute Gasteiger partial charge is 0.374 e. The third kappa shape index (κ3) is 13.8. The predicted octanol–water partition coefficient (Wildman–Crippen LogP) is 10.4. The van der Waals surface area contributed by atoms with Crippen LogP contribution in [0.3, 0.4) is 0 Å². The van der Waals surface area contributed by atoms with Gasteiger partial charge in [-0.3, -0.25) is 14.7 Å². The first-order chi connectivity index (χ1) is 22.8. The fourth-order valence-electron chi connectivity index (χ4n) is 5.66. The van der Waals surface area contributed by atoms with E-state index >= 15 is 0 Å². The molecule has 1 atom stereocenters. The highest BCUT2D eigenvalue weighted by atomic mass is 16.1. The first-order valence-corrected chi connectivity index (χ1v) is 17.9. The Balaban J connectivity index is 0.000000460.